The summed E-state index contributed by atoms with van der Waals surface area (Å²) >= 11 is 0. The molecule has 3 heteroatoms. The highest BCUT2D eigenvalue weighted by molar-refractivity contribution is 5.70. The molecule has 280 valence electrons. The quantitative estimate of drug-likeness (QED) is 0.0680. The summed E-state index contributed by atoms with van der Waals surface area (Å²) in [5, 5.41) is 8.41. The zero-order valence-corrected chi connectivity index (χ0v) is 33.4. The Morgan fingerprint density at radius 1 is 0.625 bits per heavy atom. The first-order valence-corrected chi connectivity index (χ1v) is 21.3. The van der Waals surface area contributed by atoms with Crippen molar-refractivity contribution in [3.8, 4) is 0 Å². The average molecular weight is 671 g/mol. The van der Waals surface area contributed by atoms with Crippen molar-refractivity contribution in [1.82, 2.24) is 0 Å². The zero-order chi connectivity index (χ0) is 35.4. The van der Waals surface area contributed by atoms with Crippen molar-refractivity contribution in [3.63, 3.8) is 0 Å². The maximum atomic E-state index is 10.2. The summed E-state index contributed by atoms with van der Waals surface area (Å²) in [5.74, 6) is -0.627. The second kappa shape index (κ2) is 28.4. The fourth-order valence-corrected chi connectivity index (χ4v) is 7.62. The van der Waals surface area contributed by atoms with Crippen LogP contribution in [-0.2, 0) is 16.8 Å². The highest BCUT2D eigenvalue weighted by Gasteiger charge is 2.39. The topological polar surface area (TPSA) is 37.3 Å². The van der Waals surface area contributed by atoms with Crippen LogP contribution in [0, 0.1) is 5.92 Å². The van der Waals surface area contributed by atoms with E-state index in [4.69, 9.17) is 5.11 Å². The Hall–Kier alpha value is -1.35. The minimum Gasteiger partial charge on any atom is -0.481 e. The zero-order valence-electron chi connectivity index (χ0n) is 33.4. The van der Waals surface area contributed by atoms with Crippen LogP contribution in [0.15, 0.2) is 24.3 Å². The lowest BCUT2D eigenvalue weighted by Gasteiger charge is -2.46. The molecule has 1 aliphatic carbocycles. The van der Waals surface area contributed by atoms with Gasteiger partial charge in [0.15, 0.2) is 0 Å². The molecular formula is C45H84NO2+. The lowest BCUT2D eigenvalue weighted by Crippen LogP contribution is -2.54. The number of aryl methyl sites for hydroxylation is 1. The van der Waals surface area contributed by atoms with Gasteiger partial charge < -0.3 is 9.59 Å². The monoisotopic (exact) mass is 671 g/mol. The molecular weight excluding hydrogens is 587 g/mol. The first-order chi connectivity index (χ1) is 23.2. The molecule has 0 amide bonds. The molecule has 1 N–H and O–H groups in total. The Kier molecular flexibility index (Phi) is 26.4. The van der Waals surface area contributed by atoms with E-state index in [0.717, 1.165) is 30.2 Å². The predicted molar refractivity (Wildman–Crippen MR) is 212 cm³/mol. The Balaban J connectivity index is 0.00000125. The highest BCUT2D eigenvalue weighted by atomic mass is 16.4. The van der Waals surface area contributed by atoms with Crippen molar-refractivity contribution in [2.24, 2.45) is 5.92 Å². The smallest absolute Gasteiger partial charge is 0.306 e. The minimum atomic E-state index is -0.609. The number of carboxylic acid groups (broad SMARTS) is 1. The average Bonchev–Trinajstić information content (AvgIpc) is 3.62. The SMILES string of the molecule is CCCCCCCCCCCCCCCC[N+](C)(C)C(C)(C)c1ccccc1CCCCCCCCCCCC.O=C(O)C1CCCC1. The van der Waals surface area contributed by atoms with Crippen LogP contribution in [0.25, 0.3) is 0 Å². The van der Waals surface area contributed by atoms with Crippen LogP contribution >= 0.6 is 0 Å². The van der Waals surface area contributed by atoms with Gasteiger partial charge in [0.1, 0.15) is 5.54 Å². The van der Waals surface area contributed by atoms with E-state index in [0.29, 0.717) is 0 Å². The molecule has 0 heterocycles. The molecule has 48 heavy (non-hydrogen) atoms. The fourth-order valence-electron chi connectivity index (χ4n) is 7.62. The number of quaternary nitrogens is 1. The van der Waals surface area contributed by atoms with Crippen molar-refractivity contribution < 1.29 is 14.4 Å². The number of hydrogen-bond acceptors (Lipinski definition) is 1. The number of carbonyl (C=O) groups is 1. The molecule has 1 aromatic rings. The van der Waals surface area contributed by atoms with Gasteiger partial charge in [-0.1, -0.05) is 186 Å². The fraction of sp³-hybridized carbons (Fsp3) is 0.844. The number of carboxylic acids is 1. The third-order valence-electron chi connectivity index (χ3n) is 11.8. The molecule has 2 rings (SSSR count). The number of nitrogens with zero attached hydrogens (tertiary/aromatic N) is 1. The second-order valence-electron chi connectivity index (χ2n) is 16.5. The summed E-state index contributed by atoms with van der Waals surface area (Å²) in [7, 11) is 4.94. The summed E-state index contributed by atoms with van der Waals surface area (Å²) in [5.41, 5.74) is 3.33. The molecule has 1 aromatic carbocycles. The number of benzene rings is 1. The van der Waals surface area contributed by atoms with Crippen molar-refractivity contribution in [1.29, 1.82) is 0 Å². The van der Waals surface area contributed by atoms with Gasteiger partial charge in [-0.25, -0.2) is 0 Å². The van der Waals surface area contributed by atoms with Gasteiger partial charge in [0.05, 0.1) is 26.6 Å². The lowest BCUT2D eigenvalue weighted by molar-refractivity contribution is -0.945. The van der Waals surface area contributed by atoms with Crippen molar-refractivity contribution in [2.45, 2.75) is 219 Å². The van der Waals surface area contributed by atoms with Crippen LogP contribution in [0.3, 0.4) is 0 Å². The minimum absolute atomic E-state index is 0.0185. The number of unbranched alkanes of at least 4 members (excludes halogenated alkanes) is 22. The first-order valence-electron chi connectivity index (χ1n) is 21.3. The molecule has 0 aliphatic heterocycles. The van der Waals surface area contributed by atoms with Crippen molar-refractivity contribution in [2.75, 3.05) is 20.6 Å². The van der Waals surface area contributed by atoms with E-state index in [1.807, 2.05) is 0 Å². The number of hydrogen-bond donors (Lipinski definition) is 1. The molecule has 0 bridgehead atoms. The molecule has 1 saturated carbocycles. The van der Waals surface area contributed by atoms with E-state index in [9.17, 15) is 4.79 Å². The summed E-state index contributed by atoms with van der Waals surface area (Å²) in [6.07, 6.45) is 39.5. The van der Waals surface area contributed by atoms with E-state index in [1.165, 1.54) is 167 Å². The van der Waals surface area contributed by atoms with Gasteiger partial charge in [-0.3, -0.25) is 4.79 Å². The highest BCUT2D eigenvalue weighted by Crippen LogP contribution is 2.35. The molecule has 0 spiro atoms. The molecule has 0 radical (unpaired) electrons. The van der Waals surface area contributed by atoms with Crippen molar-refractivity contribution >= 4 is 5.97 Å². The van der Waals surface area contributed by atoms with Crippen LogP contribution in [0.5, 0.6) is 0 Å². The van der Waals surface area contributed by atoms with E-state index in [2.05, 4.69) is 66.1 Å². The third-order valence-corrected chi connectivity index (χ3v) is 11.8. The molecule has 1 fully saturated rings. The van der Waals surface area contributed by atoms with Gasteiger partial charge in [0, 0.05) is 5.56 Å². The Bertz CT molecular complexity index is 885. The Labute approximate surface area is 301 Å². The van der Waals surface area contributed by atoms with Crippen LogP contribution in [0.2, 0.25) is 0 Å². The number of rotatable bonds is 29. The summed E-state index contributed by atoms with van der Waals surface area (Å²) in [4.78, 5) is 10.2. The normalized spacial score (nSPS) is 13.9. The Morgan fingerprint density at radius 3 is 1.40 bits per heavy atom. The largest absolute Gasteiger partial charge is 0.481 e. The molecule has 0 atom stereocenters. The summed E-state index contributed by atoms with van der Waals surface area (Å²) in [6, 6.07) is 9.37. The van der Waals surface area contributed by atoms with Crippen molar-refractivity contribution in [3.05, 3.63) is 35.4 Å². The van der Waals surface area contributed by atoms with E-state index in [-0.39, 0.29) is 11.5 Å². The van der Waals surface area contributed by atoms with Gasteiger partial charge in [0.2, 0.25) is 0 Å². The van der Waals surface area contributed by atoms with Crippen LogP contribution in [0.4, 0.5) is 0 Å². The maximum Gasteiger partial charge on any atom is 0.306 e. The molecule has 0 aromatic heterocycles. The van der Waals surface area contributed by atoms with Gasteiger partial charge in [-0.05, 0) is 57.9 Å². The van der Waals surface area contributed by atoms with Gasteiger partial charge >= 0.3 is 5.97 Å². The Morgan fingerprint density at radius 2 is 1.00 bits per heavy atom. The number of aliphatic carboxylic acids is 1. The molecule has 0 saturated heterocycles. The van der Waals surface area contributed by atoms with Crippen LogP contribution in [-0.4, -0.2) is 36.2 Å². The van der Waals surface area contributed by atoms with Crippen LogP contribution < -0.4 is 0 Å². The molecule has 0 unspecified atom stereocenters. The van der Waals surface area contributed by atoms with Gasteiger partial charge in [-0.2, -0.15) is 0 Å². The molecule has 3 nitrogen and oxygen atoms in total. The summed E-state index contributed by atoms with van der Waals surface area (Å²) in [6.45, 7) is 10.9. The van der Waals surface area contributed by atoms with E-state index in [1.54, 1.807) is 11.1 Å². The van der Waals surface area contributed by atoms with Crippen LogP contribution in [0.1, 0.15) is 219 Å². The third kappa shape index (κ3) is 20.4. The van der Waals surface area contributed by atoms with Gasteiger partial charge in [0.25, 0.3) is 0 Å². The van der Waals surface area contributed by atoms with E-state index < -0.39 is 5.97 Å². The molecule has 1 aliphatic rings. The van der Waals surface area contributed by atoms with Gasteiger partial charge in [-0.15, -0.1) is 0 Å². The lowest BCUT2D eigenvalue weighted by atomic mass is 9.84. The van der Waals surface area contributed by atoms with E-state index >= 15 is 0 Å². The standard InChI is InChI=1S/C39H74N.C6H10O2/c1-7-9-11-13-15-17-19-20-21-22-24-26-28-32-36-40(5,6)39(3,4)38-35-31-30-34-37(38)33-29-27-25-23-18-16-14-12-10-8-2;7-6(8)5-3-1-2-4-5/h30-31,34-35H,7-29,32-33,36H2,1-6H3;5H,1-4H2,(H,7,8)/q+1;. The first kappa shape index (κ1) is 44.7. The summed E-state index contributed by atoms with van der Waals surface area (Å²) < 4.78 is 1.08. The maximum absolute atomic E-state index is 10.2. The predicted octanol–water partition coefficient (Wildman–Crippen LogP) is 14.2. The second-order valence-corrected chi connectivity index (χ2v) is 16.5.